The van der Waals surface area contributed by atoms with E-state index < -0.39 is 0 Å². The van der Waals surface area contributed by atoms with Crippen LogP contribution in [0.5, 0.6) is 0 Å². The Hall–Kier alpha value is -0.640. The normalized spacial score (nSPS) is 13.2. The molecular weight excluding hydrogens is 212 g/mol. The van der Waals surface area contributed by atoms with Crippen molar-refractivity contribution in [1.29, 1.82) is 0 Å². The van der Waals surface area contributed by atoms with E-state index >= 15 is 0 Å². The molecule has 0 unspecified atom stereocenters. The summed E-state index contributed by atoms with van der Waals surface area (Å²) in [6, 6.07) is 0. The van der Waals surface area contributed by atoms with Crippen molar-refractivity contribution in [3.8, 4) is 0 Å². The molecule has 0 aliphatic carbocycles. The summed E-state index contributed by atoms with van der Waals surface area (Å²) in [6.45, 7) is 10.9. The van der Waals surface area contributed by atoms with Gasteiger partial charge in [0, 0.05) is 0 Å². The Morgan fingerprint density at radius 1 is 1.20 bits per heavy atom. The molecule has 0 bridgehead atoms. The first-order chi connectivity index (χ1) is 6.76. The van der Waals surface area contributed by atoms with E-state index in [1.54, 1.807) is 0 Å². The third-order valence-corrected chi connectivity index (χ3v) is 2.43. The second kappa shape index (κ2) is 4.08. The highest BCUT2D eigenvalue weighted by molar-refractivity contribution is 6.16. The molecule has 0 aromatic carbocycles. The quantitative estimate of drug-likeness (QED) is 0.750. The molecule has 0 radical (unpaired) electrons. The Morgan fingerprint density at radius 3 is 2.27 bits per heavy atom. The Kier molecular flexibility index (Phi) is 3.38. The monoisotopic (exact) mass is 230 g/mol. The molecule has 1 aromatic heterocycles. The average Bonchev–Trinajstić information content (AvgIpc) is 2.46. The van der Waals surface area contributed by atoms with Crippen LogP contribution in [-0.2, 0) is 11.4 Å². The van der Waals surface area contributed by atoms with E-state index in [2.05, 4.69) is 50.1 Å². The molecule has 0 N–H and O–H groups in total. The van der Waals surface area contributed by atoms with Crippen molar-refractivity contribution in [1.82, 2.24) is 20.2 Å². The average molecular weight is 231 g/mol. The summed E-state index contributed by atoms with van der Waals surface area (Å²) in [7, 11) is 0. The zero-order valence-corrected chi connectivity index (χ0v) is 10.8. The van der Waals surface area contributed by atoms with Crippen LogP contribution in [0.4, 0.5) is 0 Å². The zero-order valence-electron chi connectivity index (χ0n) is 10.1. The summed E-state index contributed by atoms with van der Waals surface area (Å²) in [5.74, 6) is 1.08. The van der Waals surface area contributed by atoms with Crippen LogP contribution >= 0.6 is 11.6 Å². The fourth-order valence-corrected chi connectivity index (χ4v) is 2.30. The Balaban J connectivity index is 2.95. The largest absolute Gasteiger partial charge is 0.223 e. The van der Waals surface area contributed by atoms with E-state index in [4.69, 9.17) is 11.6 Å². The fraction of sp³-hybridized carbons (Fsp3) is 0.900. The summed E-state index contributed by atoms with van der Waals surface area (Å²) in [6.07, 6.45) is 0.995. The number of aromatic nitrogens is 4. The van der Waals surface area contributed by atoms with Gasteiger partial charge in [-0.25, -0.2) is 4.68 Å². The Labute approximate surface area is 96.0 Å². The van der Waals surface area contributed by atoms with Crippen LogP contribution < -0.4 is 0 Å². The Bertz CT molecular complexity index is 324. The Morgan fingerprint density at radius 2 is 1.80 bits per heavy atom. The maximum absolute atomic E-state index is 5.79. The van der Waals surface area contributed by atoms with Crippen molar-refractivity contribution in [2.45, 2.75) is 52.5 Å². The number of halogens is 1. The van der Waals surface area contributed by atoms with Gasteiger partial charge in [0.05, 0.1) is 11.4 Å². The lowest BCUT2D eigenvalue weighted by molar-refractivity contribution is 0.192. The maximum Gasteiger partial charge on any atom is 0.166 e. The van der Waals surface area contributed by atoms with E-state index in [0.29, 0.717) is 5.88 Å². The second-order valence-corrected chi connectivity index (χ2v) is 5.96. The minimum atomic E-state index is -0.105. The van der Waals surface area contributed by atoms with Crippen LogP contribution in [0.3, 0.4) is 0 Å². The highest BCUT2D eigenvalue weighted by Gasteiger charge is 2.30. The maximum atomic E-state index is 5.79. The van der Waals surface area contributed by atoms with Gasteiger partial charge >= 0.3 is 0 Å². The molecule has 0 saturated carbocycles. The minimum absolute atomic E-state index is 0.105. The predicted octanol–water partition coefficient (Wildman–Crippen LogP) is 2.58. The topological polar surface area (TPSA) is 43.6 Å². The van der Waals surface area contributed by atoms with Crippen molar-refractivity contribution in [3.05, 3.63) is 5.82 Å². The number of nitrogens with zero attached hydrogens (tertiary/aromatic N) is 4. The van der Waals surface area contributed by atoms with E-state index in [9.17, 15) is 0 Å². The third-order valence-electron chi connectivity index (χ3n) is 2.19. The molecule has 1 heterocycles. The van der Waals surface area contributed by atoms with E-state index in [-0.39, 0.29) is 11.0 Å². The van der Waals surface area contributed by atoms with Gasteiger partial charge in [-0.1, -0.05) is 20.8 Å². The van der Waals surface area contributed by atoms with Crippen LogP contribution in [0.2, 0.25) is 0 Å². The molecule has 0 atom stereocenters. The number of rotatable bonds is 3. The number of alkyl halides is 1. The molecule has 86 valence electrons. The molecule has 15 heavy (non-hydrogen) atoms. The molecule has 0 aliphatic heterocycles. The van der Waals surface area contributed by atoms with Gasteiger partial charge < -0.3 is 0 Å². The van der Waals surface area contributed by atoms with Crippen LogP contribution in [0.1, 0.15) is 46.9 Å². The predicted molar refractivity (Wildman–Crippen MR) is 60.8 cm³/mol. The summed E-state index contributed by atoms with van der Waals surface area (Å²) in [5, 5.41) is 11.6. The van der Waals surface area contributed by atoms with Crippen molar-refractivity contribution < 1.29 is 0 Å². The molecular formula is C10H19ClN4. The van der Waals surface area contributed by atoms with Crippen molar-refractivity contribution >= 4 is 11.6 Å². The number of tetrazole rings is 1. The third kappa shape index (κ3) is 3.16. The van der Waals surface area contributed by atoms with Crippen LogP contribution in [-0.4, -0.2) is 20.2 Å². The molecule has 0 saturated heterocycles. The summed E-state index contributed by atoms with van der Waals surface area (Å²) >= 11 is 5.79. The van der Waals surface area contributed by atoms with Gasteiger partial charge in [-0.2, -0.15) is 0 Å². The molecule has 0 aliphatic rings. The summed E-state index contributed by atoms with van der Waals surface area (Å²) < 4.78 is 1.82. The van der Waals surface area contributed by atoms with Gasteiger partial charge in [0.2, 0.25) is 0 Å². The lowest BCUT2D eigenvalue weighted by Gasteiger charge is -2.32. The highest BCUT2D eigenvalue weighted by Crippen LogP contribution is 2.32. The second-order valence-electron chi connectivity index (χ2n) is 5.69. The number of hydrogen-bond acceptors (Lipinski definition) is 3. The lowest BCUT2D eigenvalue weighted by Crippen LogP contribution is -2.33. The smallest absolute Gasteiger partial charge is 0.166 e. The highest BCUT2D eigenvalue weighted by atomic mass is 35.5. The van der Waals surface area contributed by atoms with Crippen molar-refractivity contribution in [3.63, 3.8) is 0 Å². The molecule has 0 spiro atoms. The van der Waals surface area contributed by atoms with Crippen LogP contribution in [0.15, 0.2) is 0 Å². The van der Waals surface area contributed by atoms with Gasteiger partial charge in [0.1, 0.15) is 0 Å². The standard InChI is InChI=1S/C10H19ClN4/c1-9(2,3)7-10(4,5)15-8(6-11)12-13-14-15/h6-7H2,1-5H3. The molecule has 4 nitrogen and oxygen atoms in total. The van der Waals surface area contributed by atoms with Crippen molar-refractivity contribution in [2.24, 2.45) is 5.41 Å². The fourth-order valence-electron chi connectivity index (χ4n) is 2.13. The van der Waals surface area contributed by atoms with Gasteiger partial charge in [0.25, 0.3) is 0 Å². The molecule has 5 heteroatoms. The molecule has 1 aromatic rings. The summed E-state index contributed by atoms with van der Waals surface area (Å²) in [5.41, 5.74) is 0.130. The van der Waals surface area contributed by atoms with Gasteiger partial charge in [-0.3, -0.25) is 0 Å². The van der Waals surface area contributed by atoms with Gasteiger partial charge in [-0.05, 0) is 36.1 Å². The van der Waals surface area contributed by atoms with Crippen molar-refractivity contribution in [2.75, 3.05) is 0 Å². The van der Waals surface area contributed by atoms with E-state index in [1.807, 2.05) is 4.68 Å². The first-order valence-corrected chi connectivity index (χ1v) is 5.63. The lowest BCUT2D eigenvalue weighted by atomic mass is 9.82. The first-order valence-electron chi connectivity index (χ1n) is 5.10. The van der Waals surface area contributed by atoms with E-state index in [1.165, 1.54) is 0 Å². The molecule has 0 amide bonds. The van der Waals surface area contributed by atoms with Crippen LogP contribution in [0, 0.1) is 5.41 Å². The molecule has 0 fully saturated rings. The van der Waals surface area contributed by atoms with Gasteiger partial charge in [-0.15, -0.1) is 16.7 Å². The first kappa shape index (κ1) is 12.4. The summed E-state index contributed by atoms with van der Waals surface area (Å²) in [4.78, 5) is 0. The molecule has 1 rings (SSSR count). The zero-order chi connectivity index (χ0) is 11.7. The SMILES string of the molecule is CC(C)(C)CC(C)(C)n1nnnc1CCl. The minimum Gasteiger partial charge on any atom is -0.223 e. The van der Waals surface area contributed by atoms with Crippen LogP contribution in [0.25, 0.3) is 0 Å². The van der Waals surface area contributed by atoms with Gasteiger partial charge in [0.15, 0.2) is 5.82 Å². The number of hydrogen-bond donors (Lipinski definition) is 0. The van der Waals surface area contributed by atoms with E-state index in [0.717, 1.165) is 12.2 Å².